The molecule has 11 heavy (non-hydrogen) atoms. The molecule has 0 fully saturated rings. The van der Waals surface area contributed by atoms with Crippen molar-refractivity contribution in [3.63, 3.8) is 0 Å². The molecule has 0 saturated carbocycles. The van der Waals surface area contributed by atoms with Gasteiger partial charge < -0.3 is 5.11 Å². The topological polar surface area (TPSA) is 20.2 Å². The molecule has 0 aliphatic carbocycles. The molecule has 0 spiro atoms. The number of aliphatic hydroxyl groups is 1. The second kappa shape index (κ2) is 3.88. The van der Waals surface area contributed by atoms with Crippen LogP contribution < -0.4 is 0 Å². The normalized spacial score (nSPS) is 11.6. The van der Waals surface area contributed by atoms with Gasteiger partial charge in [0, 0.05) is 5.56 Å². The van der Waals surface area contributed by atoms with Crippen LogP contribution in [0, 0.1) is 0 Å². The first-order valence-electron chi connectivity index (χ1n) is 3.36. The van der Waals surface area contributed by atoms with E-state index in [-0.39, 0.29) is 12.4 Å². The number of aliphatic hydroxyl groups excluding tert-OH is 1. The Morgan fingerprint density at radius 2 is 2.00 bits per heavy atom. The summed E-state index contributed by atoms with van der Waals surface area (Å²) in [6.07, 6.45) is 1.13. The Balaban J connectivity index is 2.85. The Kier molecular flexibility index (Phi) is 2.81. The van der Waals surface area contributed by atoms with E-state index in [0.29, 0.717) is 5.56 Å². The van der Waals surface area contributed by atoms with Gasteiger partial charge in [0.2, 0.25) is 0 Å². The fourth-order valence-electron chi connectivity index (χ4n) is 0.795. The fraction of sp³-hybridized carbons (Fsp3) is 0.111. The number of hydrogen-bond donors (Lipinski definition) is 1. The van der Waals surface area contributed by atoms with E-state index < -0.39 is 0 Å². The van der Waals surface area contributed by atoms with Crippen LogP contribution in [0.4, 0.5) is 4.39 Å². The average molecular weight is 152 g/mol. The van der Waals surface area contributed by atoms with Gasteiger partial charge in [0.25, 0.3) is 0 Å². The lowest BCUT2D eigenvalue weighted by molar-refractivity contribution is 0.342. The van der Waals surface area contributed by atoms with Crippen molar-refractivity contribution in [2.45, 2.75) is 0 Å². The van der Waals surface area contributed by atoms with Crippen LogP contribution in [0.15, 0.2) is 36.4 Å². The number of rotatable bonds is 2. The molecule has 1 N–H and O–H groups in total. The maximum Gasteiger partial charge on any atom is 0.128 e. The van der Waals surface area contributed by atoms with Crippen molar-refractivity contribution in [3.05, 3.63) is 42.0 Å². The molecule has 1 aromatic carbocycles. The standard InChI is InChI=1S/C9H9FO/c10-9(6-7-11)8-4-2-1-3-5-8/h1-6,11H,7H2/b9-6+. The Morgan fingerprint density at radius 1 is 1.36 bits per heavy atom. The average Bonchev–Trinajstić information content (AvgIpc) is 2.07. The summed E-state index contributed by atoms with van der Waals surface area (Å²) in [6, 6.07) is 8.62. The second-order valence-corrected chi connectivity index (χ2v) is 2.10. The summed E-state index contributed by atoms with van der Waals surface area (Å²) < 4.78 is 12.8. The van der Waals surface area contributed by atoms with E-state index in [9.17, 15) is 4.39 Å². The largest absolute Gasteiger partial charge is 0.392 e. The number of hydrogen-bond acceptors (Lipinski definition) is 1. The highest BCUT2D eigenvalue weighted by molar-refractivity contribution is 5.58. The highest BCUT2D eigenvalue weighted by Gasteiger charge is 1.95. The first-order valence-corrected chi connectivity index (χ1v) is 3.36. The zero-order valence-electron chi connectivity index (χ0n) is 6.00. The Labute approximate surface area is 64.8 Å². The predicted molar refractivity (Wildman–Crippen MR) is 42.6 cm³/mol. The van der Waals surface area contributed by atoms with Crippen LogP contribution in [0.25, 0.3) is 5.83 Å². The maximum atomic E-state index is 12.8. The lowest BCUT2D eigenvalue weighted by Gasteiger charge is -1.94. The highest BCUT2D eigenvalue weighted by atomic mass is 19.1. The van der Waals surface area contributed by atoms with Gasteiger partial charge in [-0.25, -0.2) is 4.39 Å². The summed E-state index contributed by atoms with van der Waals surface area (Å²) in [5, 5.41) is 8.38. The summed E-state index contributed by atoms with van der Waals surface area (Å²) in [6.45, 7) is -0.263. The molecular weight excluding hydrogens is 143 g/mol. The van der Waals surface area contributed by atoms with Crippen LogP contribution in [-0.4, -0.2) is 11.7 Å². The minimum atomic E-state index is -0.381. The molecule has 0 radical (unpaired) electrons. The van der Waals surface area contributed by atoms with Gasteiger partial charge in [0.15, 0.2) is 0 Å². The molecule has 1 aromatic rings. The van der Waals surface area contributed by atoms with Crippen LogP contribution >= 0.6 is 0 Å². The van der Waals surface area contributed by atoms with Gasteiger partial charge in [-0.3, -0.25) is 0 Å². The first-order chi connectivity index (χ1) is 5.34. The predicted octanol–water partition coefficient (Wildman–Crippen LogP) is 1.99. The summed E-state index contributed by atoms with van der Waals surface area (Å²) in [5.74, 6) is -0.381. The van der Waals surface area contributed by atoms with Gasteiger partial charge in [-0.1, -0.05) is 30.3 Å². The second-order valence-electron chi connectivity index (χ2n) is 2.10. The molecule has 0 amide bonds. The lowest BCUT2D eigenvalue weighted by atomic mass is 10.2. The van der Waals surface area contributed by atoms with E-state index in [0.717, 1.165) is 6.08 Å². The van der Waals surface area contributed by atoms with Crippen LogP contribution in [0.1, 0.15) is 5.56 Å². The molecule has 0 aliphatic heterocycles. The molecule has 0 heterocycles. The zero-order valence-corrected chi connectivity index (χ0v) is 6.00. The monoisotopic (exact) mass is 152 g/mol. The van der Waals surface area contributed by atoms with Crippen molar-refractivity contribution in [3.8, 4) is 0 Å². The molecule has 0 aromatic heterocycles. The van der Waals surface area contributed by atoms with E-state index >= 15 is 0 Å². The van der Waals surface area contributed by atoms with Gasteiger partial charge in [-0.15, -0.1) is 0 Å². The van der Waals surface area contributed by atoms with Crippen LogP contribution in [0.2, 0.25) is 0 Å². The molecule has 2 heteroatoms. The molecule has 1 nitrogen and oxygen atoms in total. The Morgan fingerprint density at radius 3 is 2.55 bits per heavy atom. The van der Waals surface area contributed by atoms with Crippen molar-refractivity contribution in [2.24, 2.45) is 0 Å². The molecular formula is C9H9FO. The third kappa shape index (κ3) is 2.16. The molecule has 1 rings (SSSR count). The van der Waals surface area contributed by atoms with Crippen molar-refractivity contribution in [1.82, 2.24) is 0 Å². The minimum Gasteiger partial charge on any atom is -0.392 e. The number of halogens is 1. The Bertz CT molecular complexity index is 241. The summed E-state index contributed by atoms with van der Waals surface area (Å²) in [7, 11) is 0. The van der Waals surface area contributed by atoms with Crippen LogP contribution in [0.5, 0.6) is 0 Å². The number of benzene rings is 1. The van der Waals surface area contributed by atoms with E-state index in [1.165, 1.54) is 0 Å². The summed E-state index contributed by atoms with van der Waals surface area (Å²) in [4.78, 5) is 0. The summed E-state index contributed by atoms with van der Waals surface area (Å²) in [5.41, 5.74) is 0.501. The SMILES string of the molecule is OC/C=C(/F)c1ccccc1. The molecule has 58 valence electrons. The van der Waals surface area contributed by atoms with E-state index in [4.69, 9.17) is 5.11 Å². The van der Waals surface area contributed by atoms with Gasteiger partial charge in [-0.2, -0.15) is 0 Å². The van der Waals surface area contributed by atoms with Crippen molar-refractivity contribution >= 4 is 5.83 Å². The van der Waals surface area contributed by atoms with Crippen LogP contribution in [-0.2, 0) is 0 Å². The minimum absolute atomic E-state index is 0.263. The molecule has 0 unspecified atom stereocenters. The smallest absolute Gasteiger partial charge is 0.128 e. The fourth-order valence-corrected chi connectivity index (χ4v) is 0.795. The third-order valence-electron chi connectivity index (χ3n) is 1.32. The van der Waals surface area contributed by atoms with E-state index in [1.54, 1.807) is 24.3 Å². The zero-order chi connectivity index (χ0) is 8.10. The van der Waals surface area contributed by atoms with Gasteiger partial charge in [0.05, 0.1) is 6.61 Å². The van der Waals surface area contributed by atoms with Crippen molar-refractivity contribution in [2.75, 3.05) is 6.61 Å². The van der Waals surface area contributed by atoms with Crippen molar-refractivity contribution < 1.29 is 9.50 Å². The van der Waals surface area contributed by atoms with E-state index in [2.05, 4.69) is 0 Å². The quantitative estimate of drug-likeness (QED) is 0.687. The summed E-state index contributed by atoms with van der Waals surface area (Å²) >= 11 is 0. The third-order valence-corrected chi connectivity index (χ3v) is 1.32. The van der Waals surface area contributed by atoms with Gasteiger partial charge in [-0.05, 0) is 6.08 Å². The lowest BCUT2D eigenvalue weighted by Crippen LogP contribution is -1.79. The molecule has 0 bridgehead atoms. The van der Waals surface area contributed by atoms with Gasteiger partial charge in [0.1, 0.15) is 5.83 Å². The Hall–Kier alpha value is -1.15. The van der Waals surface area contributed by atoms with E-state index in [1.807, 2.05) is 6.07 Å². The molecule has 0 saturated heterocycles. The van der Waals surface area contributed by atoms with Gasteiger partial charge >= 0.3 is 0 Å². The highest BCUT2D eigenvalue weighted by Crippen LogP contribution is 2.13. The van der Waals surface area contributed by atoms with Crippen molar-refractivity contribution in [1.29, 1.82) is 0 Å². The molecule has 0 atom stereocenters. The van der Waals surface area contributed by atoms with Crippen LogP contribution in [0.3, 0.4) is 0 Å². The maximum absolute atomic E-state index is 12.8. The molecule has 0 aliphatic rings. The first kappa shape index (κ1) is 7.95.